The van der Waals surface area contributed by atoms with Crippen LogP contribution in [0.4, 0.5) is 0 Å². The number of ether oxygens (including phenoxy) is 1. The van der Waals surface area contributed by atoms with Gasteiger partial charge in [0.2, 0.25) is 5.91 Å². The molecule has 1 aromatic rings. The molecule has 0 spiro atoms. The number of benzene rings is 1. The van der Waals surface area contributed by atoms with Crippen molar-refractivity contribution in [3.05, 3.63) is 35.4 Å². The predicted octanol–water partition coefficient (Wildman–Crippen LogP) is 1.38. The normalized spacial score (nSPS) is 20.7. The Bertz CT molecular complexity index is 559. The third kappa shape index (κ3) is 4.32. The minimum atomic E-state index is -0.00906. The first-order valence-corrected chi connectivity index (χ1v) is 7.24. The lowest BCUT2D eigenvalue weighted by Gasteiger charge is -2.20. The maximum absolute atomic E-state index is 12.4. The Morgan fingerprint density at radius 3 is 3.00 bits per heavy atom. The number of carbonyl (C=O) groups is 1. The minimum Gasteiger partial charge on any atom is -0.378 e. The van der Waals surface area contributed by atoms with Crippen LogP contribution in [0, 0.1) is 17.8 Å². The second kappa shape index (κ2) is 7.26. The van der Waals surface area contributed by atoms with E-state index in [1.54, 1.807) is 4.90 Å². The van der Waals surface area contributed by atoms with E-state index < -0.39 is 0 Å². The van der Waals surface area contributed by atoms with Crippen molar-refractivity contribution in [1.29, 1.82) is 0 Å². The molecule has 21 heavy (non-hydrogen) atoms. The molecule has 112 valence electrons. The zero-order valence-corrected chi connectivity index (χ0v) is 12.6. The van der Waals surface area contributed by atoms with Crippen molar-refractivity contribution in [2.24, 2.45) is 11.7 Å². The maximum Gasteiger partial charge on any atom is 0.228 e. The minimum absolute atomic E-state index is 0.00906. The average molecular weight is 286 g/mol. The van der Waals surface area contributed by atoms with Gasteiger partial charge in [-0.15, -0.1) is 0 Å². The molecule has 2 atom stereocenters. The highest BCUT2D eigenvalue weighted by Gasteiger charge is 2.30. The summed E-state index contributed by atoms with van der Waals surface area (Å²) in [5.74, 6) is 5.99. The largest absolute Gasteiger partial charge is 0.378 e. The van der Waals surface area contributed by atoms with Gasteiger partial charge in [0.25, 0.3) is 0 Å². The van der Waals surface area contributed by atoms with Crippen LogP contribution in [0.1, 0.15) is 24.5 Å². The summed E-state index contributed by atoms with van der Waals surface area (Å²) < 4.78 is 5.47. The van der Waals surface area contributed by atoms with Gasteiger partial charge in [-0.2, -0.15) is 0 Å². The van der Waals surface area contributed by atoms with Gasteiger partial charge in [0.05, 0.1) is 25.2 Å². The third-order valence-electron chi connectivity index (χ3n) is 3.61. The summed E-state index contributed by atoms with van der Waals surface area (Å²) in [4.78, 5) is 14.1. The van der Waals surface area contributed by atoms with E-state index in [0.29, 0.717) is 19.7 Å². The fourth-order valence-corrected chi connectivity index (χ4v) is 2.55. The van der Waals surface area contributed by atoms with Crippen molar-refractivity contribution in [1.82, 2.24) is 4.90 Å². The van der Waals surface area contributed by atoms with E-state index in [1.807, 2.05) is 38.2 Å². The summed E-state index contributed by atoms with van der Waals surface area (Å²) in [5.41, 5.74) is 7.38. The second-order valence-corrected chi connectivity index (χ2v) is 5.48. The Kier molecular flexibility index (Phi) is 5.38. The SMILES string of the molecule is CC1CC(C(=O)N(C)Cc2cccc(C#CCN)c2)CO1. The van der Waals surface area contributed by atoms with Gasteiger partial charge in [0, 0.05) is 19.2 Å². The van der Waals surface area contributed by atoms with Crippen molar-refractivity contribution >= 4 is 5.91 Å². The Morgan fingerprint density at radius 1 is 1.52 bits per heavy atom. The van der Waals surface area contributed by atoms with Gasteiger partial charge < -0.3 is 15.4 Å². The van der Waals surface area contributed by atoms with Crippen LogP contribution in [0.3, 0.4) is 0 Å². The number of nitrogens with two attached hydrogens (primary N) is 1. The summed E-state index contributed by atoms with van der Waals surface area (Å²) in [6, 6.07) is 7.90. The molecule has 0 saturated carbocycles. The first-order chi connectivity index (χ1) is 10.1. The van der Waals surface area contributed by atoms with Crippen molar-refractivity contribution in [2.45, 2.75) is 26.0 Å². The molecule has 1 aliphatic heterocycles. The van der Waals surface area contributed by atoms with Gasteiger partial charge in [-0.25, -0.2) is 0 Å². The molecule has 2 unspecified atom stereocenters. The first kappa shape index (κ1) is 15.6. The number of rotatable bonds is 3. The lowest BCUT2D eigenvalue weighted by molar-refractivity contribution is -0.134. The Labute approximate surface area is 126 Å². The fraction of sp³-hybridized carbons (Fsp3) is 0.471. The van der Waals surface area contributed by atoms with Crippen LogP contribution in [-0.4, -0.2) is 37.1 Å². The molecule has 4 nitrogen and oxygen atoms in total. The van der Waals surface area contributed by atoms with Gasteiger partial charge in [-0.05, 0) is 31.0 Å². The summed E-state index contributed by atoms with van der Waals surface area (Å²) in [5, 5.41) is 0. The molecular formula is C17H22N2O2. The van der Waals surface area contributed by atoms with E-state index in [9.17, 15) is 4.79 Å². The summed E-state index contributed by atoms with van der Waals surface area (Å²) >= 11 is 0. The molecule has 1 amide bonds. The monoisotopic (exact) mass is 286 g/mol. The molecule has 0 aliphatic carbocycles. The zero-order valence-electron chi connectivity index (χ0n) is 12.6. The van der Waals surface area contributed by atoms with Crippen LogP contribution < -0.4 is 5.73 Å². The Hall–Kier alpha value is -1.83. The smallest absolute Gasteiger partial charge is 0.228 e. The number of carbonyl (C=O) groups excluding carboxylic acids is 1. The number of amides is 1. The van der Waals surface area contributed by atoms with Gasteiger partial charge in [0.1, 0.15) is 0 Å². The summed E-state index contributed by atoms with van der Waals surface area (Å²) in [6.07, 6.45) is 0.993. The van der Waals surface area contributed by atoms with Gasteiger partial charge >= 0.3 is 0 Å². The van der Waals surface area contributed by atoms with Crippen molar-refractivity contribution < 1.29 is 9.53 Å². The van der Waals surface area contributed by atoms with Crippen molar-refractivity contribution in [2.75, 3.05) is 20.2 Å². The highest BCUT2D eigenvalue weighted by atomic mass is 16.5. The van der Waals surface area contributed by atoms with Crippen molar-refractivity contribution in [3.63, 3.8) is 0 Å². The highest BCUT2D eigenvalue weighted by molar-refractivity contribution is 5.79. The molecule has 1 aromatic carbocycles. The Morgan fingerprint density at radius 2 is 2.33 bits per heavy atom. The lowest BCUT2D eigenvalue weighted by atomic mass is 10.0. The summed E-state index contributed by atoms with van der Waals surface area (Å²) in [6.45, 7) is 3.48. The number of nitrogens with zero attached hydrogens (tertiary/aromatic N) is 1. The van der Waals surface area contributed by atoms with Crippen LogP contribution in [0.2, 0.25) is 0 Å². The van der Waals surface area contributed by atoms with Crippen LogP contribution in [0.5, 0.6) is 0 Å². The molecular weight excluding hydrogens is 264 g/mol. The topological polar surface area (TPSA) is 55.6 Å². The van der Waals surface area contributed by atoms with E-state index in [2.05, 4.69) is 11.8 Å². The average Bonchev–Trinajstić information content (AvgIpc) is 2.91. The molecule has 1 saturated heterocycles. The first-order valence-electron chi connectivity index (χ1n) is 7.24. The molecule has 4 heteroatoms. The molecule has 0 aromatic heterocycles. The number of hydrogen-bond acceptors (Lipinski definition) is 3. The molecule has 0 bridgehead atoms. The molecule has 1 heterocycles. The molecule has 1 fully saturated rings. The lowest BCUT2D eigenvalue weighted by Crippen LogP contribution is -2.32. The quantitative estimate of drug-likeness (QED) is 0.854. The maximum atomic E-state index is 12.4. The highest BCUT2D eigenvalue weighted by Crippen LogP contribution is 2.21. The standard InChI is InChI=1S/C17H22N2O2/c1-13-9-16(12-21-13)17(20)19(2)11-15-6-3-5-14(10-15)7-4-8-18/h3,5-6,10,13,16H,8-9,11-12,18H2,1-2H3. The second-order valence-electron chi connectivity index (χ2n) is 5.48. The summed E-state index contributed by atoms with van der Waals surface area (Å²) in [7, 11) is 1.84. The van der Waals surface area contributed by atoms with Crippen LogP contribution in [0.15, 0.2) is 24.3 Å². The van der Waals surface area contributed by atoms with Crippen LogP contribution in [0.25, 0.3) is 0 Å². The number of hydrogen-bond donors (Lipinski definition) is 1. The van der Waals surface area contributed by atoms with E-state index in [-0.39, 0.29) is 17.9 Å². The molecule has 2 rings (SSSR count). The van der Waals surface area contributed by atoms with E-state index in [0.717, 1.165) is 17.5 Å². The molecule has 2 N–H and O–H groups in total. The predicted molar refractivity (Wildman–Crippen MR) is 82.4 cm³/mol. The third-order valence-corrected chi connectivity index (χ3v) is 3.61. The van der Waals surface area contributed by atoms with E-state index in [1.165, 1.54) is 0 Å². The van der Waals surface area contributed by atoms with Crippen LogP contribution >= 0.6 is 0 Å². The van der Waals surface area contributed by atoms with Gasteiger partial charge in [0.15, 0.2) is 0 Å². The van der Waals surface area contributed by atoms with E-state index >= 15 is 0 Å². The Balaban J connectivity index is 1.99. The molecule has 0 radical (unpaired) electrons. The van der Waals surface area contributed by atoms with Crippen molar-refractivity contribution in [3.8, 4) is 11.8 Å². The van der Waals surface area contributed by atoms with Crippen LogP contribution in [-0.2, 0) is 16.1 Å². The van der Waals surface area contributed by atoms with Gasteiger partial charge in [-0.1, -0.05) is 24.0 Å². The fourth-order valence-electron chi connectivity index (χ4n) is 2.55. The van der Waals surface area contributed by atoms with Gasteiger partial charge in [-0.3, -0.25) is 4.79 Å². The molecule has 1 aliphatic rings. The van der Waals surface area contributed by atoms with E-state index in [4.69, 9.17) is 10.5 Å². The zero-order chi connectivity index (χ0) is 15.2.